The molecule has 0 saturated heterocycles. The monoisotopic (exact) mass is 441 g/mol. The predicted molar refractivity (Wildman–Crippen MR) is 124 cm³/mol. The third kappa shape index (κ3) is 6.51. The number of benzene rings is 2. The Balaban J connectivity index is 1.55. The number of hydrogen-bond donors (Lipinski definition) is 3. The van der Waals surface area contributed by atoms with E-state index in [0.717, 1.165) is 23.4 Å². The van der Waals surface area contributed by atoms with Crippen LogP contribution in [0.15, 0.2) is 48.5 Å². The number of rotatable bonds is 8. The number of aryl methyl sites for hydroxylation is 1. The van der Waals surface area contributed by atoms with Gasteiger partial charge in [-0.05, 0) is 67.5 Å². The first-order valence-electron chi connectivity index (χ1n) is 9.61. The van der Waals surface area contributed by atoms with E-state index in [2.05, 4.69) is 25.9 Å². The molecule has 1 aromatic heterocycles. The fourth-order valence-electron chi connectivity index (χ4n) is 2.87. The molecule has 0 unspecified atom stereocenters. The predicted octanol–water partition coefficient (Wildman–Crippen LogP) is 4.21. The summed E-state index contributed by atoms with van der Waals surface area (Å²) < 4.78 is 23.7. The Hall–Kier alpha value is -3.46. The molecule has 0 radical (unpaired) electrons. The molecule has 3 N–H and O–H groups in total. The lowest BCUT2D eigenvalue weighted by Crippen LogP contribution is -2.31. The maximum absolute atomic E-state index is 13.1. The lowest BCUT2D eigenvalue weighted by molar-refractivity contribution is 0.354. The molecular formula is C22H24FN5O2S. The molecule has 0 aliphatic heterocycles. The van der Waals surface area contributed by atoms with Crippen LogP contribution in [0.1, 0.15) is 11.3 Å². The van der Waals surface area contributed by atoms with Crippen molar-refractivity contribution in [2.75, 3.05) is 31.4 Å². The molecule has 3 rings (SSSR count). The van der Waals surface area contributed by atoms with Gasteiger partial charge in [0.1, 0.15) is 11.6 Å². The number of ether oxygens (including phenoxy) is 2. The van der Waals surface area contributed by atoms with E-state index in [1.807, 2.05) is 25.1 Å². The molecule has 3 aromatic rings. The van der Waals surface area contributed by atoms with Crippen molar-refractivity contribution in [3.8, 4) is 11.5 Å². The van der Waals surface area contributed by atoms with E-state index in [1.54, 1.807) is 32.4 Å². The van der Waals surface area contributed by atoms with Gasteiger partial charge in [-0.2, -0.15) is 4.98 Å². The minimum atomic E-state index is -0.295. The zero-order chi connectivity index (χ0) is 22.2. The molecule has 0 fully saturated rings. The Kier molecular flexibility index (Phi) is 7.55. The van der Waals surface area contributed by atoms with Crippen LogP contribution in [0, 0.1) is 12.7 Å². The fourth-order valence-corrected chi connectivity index (χ4v) is 3.07. The summed E-state index contributed by atoms with van der Waals surface area (Å²) in [5.41, 5.74) is 2.57. The summed E-state index contributed by atoms with van der Waals surface area (Å²) >= 11 is 5.36. The molecule has 31 heavy (non-hydrogen) atoms. The van der Waals surface area contributed by atoms with Gasteiger partial charge >= 0.3 is 0 Å². The number of anilines is 3. The molecular weight excluding hydrogens is 417 g/mol. The summed E-state index contributed by atoms with van der Waals surface area (Å²) in [6.07, 6.45) is 0.744. The zero-order valence-corrected chi connectivity index (χ0v) is 18.3. The smallest absolute Gasteiger partial charge is 0.231 e. The quantitative estimate of drug-likeness (QED) is 0.449. The highest BCUT2D eigenvalue weighted by atomic mass is 32.1. The Labute approximate surface area is 186 Å². The molecule has 9 heteroatoms. The largest absolute Gasteiger partial charge is 0.493 e. The van der Waals surface area contributed by atoms with E-state index in [9.17, 15) is 4.39 Å². The summed E-state index contributed by atoms with van der Waals surface area (Å²) in [6, 6.07) is 13.6. The van der Waals surface area contributed by atoms with Gasteiger partial charge in [0.2, 0.25) is 5.95 Å². The Morgan fingerprint density at radius 3 is 2.45 bits per heavy atom. The third-order valence-electron chi connectivity index (χ3n) is 4.34. The van der Waals surface area contributed by atoms with Crippen LogP contribution < -0.4 is 25.4 Å². The zero-order valence-electron chi connectivity index (χ0n) is 17.5. The second-order valence-corrected chi connectivity index (χ2v) is 7.08. The molecule has 1 heterocycles. The van der Waals surface area contributed by atoms with E-state index in [4.69, 9.17) is 21.7 Å². The van der Waals surface area contributed by atoms with Crippen LogP contribution in [0.2, 0.25) is 0 Å². The van der Waals surface area contributed by atoms with Crippen LogP contribution in [0.5, 0.6) is 11.5 Å². The molecule has 0 atom stereocenters. The number of hydrogen-bond acceptors (Lipinski definition) is 6. The Bertz CT molecular complexity index is 1050. The summed E-state index contributed by atoms with van der Waals surface area (Å²) in [5, 5.41) is 9.69. The van der Waals surface area contributed by atoms with Gasteiger partial charge < -0.3 is 25.4 Å². The fraction of sp³-hybridized carbons (Fsp3) is 0.227. The van der Waals surface area contributed by atoms with Crippen LogP contribution in [0.3, 0.4) is 0 Å². The topological polar surface area (TPSA) is 80.3 Å². The summed E-state index contributed by atoms with van der Waals surface area (Å²) in [5.74, 6) is 2.03. The van der Waals surface area contributed by atoms with Crippen molar-refractivity contribution in [1.29, 1.82) is 0 Å². The van der Waals surface area contributed by atoms with Gasteiger partial charge in [-0.15, -0.1) is 0 Å². The average Bonchev–Trinajstić information content (AvgIpc) is 2.74. The molecule has 0 saturated carbocycles. The number of aromatic nitrogens is 2. The molecule has 2 aromatic carbocycles. The maximum Gasteiger partial charge on any atom is 0.231 e. The van der Waals surface area contributed by atoms with Gasteiger partial charge in [-0.3, -0.25) is 0 Å². The highest BCUT2D eigenvalue weighted by Crippen LogP contribution is 2.27. The Morgan fingerprint density at radius 1 is 1.00 bits per heavy atom. The minimum absolute atomic E-state index is 0.295. The van der Waals surface area contributed by atoms with Crippen LogP contribution >= 0.6 is 12.2 Å². The Morgan fingerprint density at radius 2 is 1.74 bits per heavy atom. The second kappa shape index (κ2) is 10.5. The van der Waals surface area contributed by atoms with Crippen molar-refractivity contribution in [3.05, 3.63) is 65.6 Å². The second-order valence-electron chi connectivity index (χ2n) is 6.67. The molecule has 7 nitrogen and oxygen atoms in total. The highest BCUT2D eigenvalue weighted by molar-refractivity contribution is 7.80. The van der Waals surface area contributed by atoms with Crippen LogP contribution in [0.4, 0.5) is 21.8 Å². The standard InChI is InChI=1S/C22H24FN5O2S/c1-14-12-20(26-17-7-5-16(23)6-8-17)27-21(25-14)28-22(31)24-11-10-15-4-9-18(29-2)19(13-15)30-3/h4-9,12-13H,10-11H2,1-3H3,(H3,24,25,26,27,28,31). The van der Waals surface area contributed by atoms with Crippen molar-refractivity contribution >= 4 is 34.8 Å². The van der Waals surface area contributed by atoms with Gasteiger partial charge in [0.25, 0.3) is 0 Å². The van der Waals surface area contributed by atoms with Crippen molar-refractivity contribution in [2.24, 2.45) is 0 Å². The number of halogens is 1. The SMILES string of the molecule is COc1ccc(CCNC(=S)Nc2nc(C)cc(Nc3ccc(F)cc3)n2)cc1OC. The first-order chi connectivity index (χ1) is 15.0. The molecule has 162 valence electrons. The highest BCUT2D eigenvalue weighted by Gasteiger charge is 2.07. The molecule has 0 aliphatic carbocycles. The van der Waals surface area contributed by atoms with Crippen molar-refractivity contribution in [1.82, 2.24) is 15.3 Å². The van der Waals surface area contributed by atoms with Crippen LogP contribution in [0.25, 0.3) is 0 Å². The maximum atomic E-state index is 13.1. The number of nitrogens with one attached hydrogen (secondary N) is 3. The molecule has 0 amide bonds. The van der Waals surface area contributed by atoms with E-state index in [-0.39, 0.29) is 5.82 Å². The van der Waals surface area contributed by atoms with E-state index in [1.165, 1.54) is 12.1 Å². The summed E-state index contributed by atoms with van der Waals surface area (Å²) in [7, 11) is 3.22. The van der Waals surface area contributed by atoms with Crippen LogP contribution in [-0.2, 0) is 6.42 Å². The van der Waals surface area contributed by atoms with Crippen molar-refractivity contribution in [2.45, 2.75) is 13.3 Å². The lowest BCUT2D eigenvalue weighted by Gasteiger charge is -2.13. The number of thiocarbonyl (C=S) groups is 1. The number of nitrogens with zero attached hydrogens (tertiary/aromatic N) is 2. The summed E-state index contributed by atoms with van der Waals surface area (Å²) in [6.45, 7) is 2.48. The van der Waals surface area contributed by atoms with Gasteiger partial charge in [-0.25, -0.2) is 9.37 Å². The number of methoxy groups -OCH3 is 2. The van der Waals surface area contributed by atoms with E-state index >= 15 is 0 Å². The van der Waals surface area contributed by atoms with E-state index in [0.29, 0.717) is 34.9 Å². The van der Waals surface area contributed by atoms with Crippen molar-refractivity contribution in [3.63, 3.8) is 0 Å². The van der Waals surface area contributed by atoms with E-state index < -0.39 is 0 Å². The van der Waals surface area contributed by atoms with Gasteiger partial charge in [0.05, 0.1) is 14.2 Å². The van der Waals surface area contributed by atoms with Gasteiger partial charge in [0.15, 0.2) is 16.6 Å². The van der Waals surface area contributed by atoms with Crippen LogP contribution in [-0.4, -0.2) is 35.8 Å². The summed E-state index contributed by atoms with van der Waals surface area (Å²) in [4.78, 5) is 8.77. The molecule has 0 spiro atoms. The molecule has 0 bridgehead atoms. The average molecular weight is 442 g/mol. The van der Waals surface area contributed by atoms with Gasteiger partial charge in [0, 0.05) is 24.0 Å². The first kappa shape index (κ1) is 22.2. The first-order valence-corrected chi connectivity index (χ1v) is 10.0. The minimum Gasteiger partial charge on any atom is -0.493 e. The van der Waals surface area contributed by atoms with Crippen molar-refractivity contribution < 1.29 is 13.9 Å². The third-order valence-corrected chi connectivity index (χ3v) is 4.59. The normalized spacial score (nSPS) is 10.3. The molecule has 0 aliphatic rings. The van der Waals surface area contributed by atoms with Gasteiger partial charge in [-0.1, -0.05) is 6.07 Å². The lowest BCUT2D eigenvalue weighted by atomic mass is 10.1.